The van der Waals surface area contributed by atoms with Crippen LogP contribution in [0.5, 0.6) is 5.75 Å². The summed E-state index contributed by atoms with van der Waals surface area (Å²) in [6.07, 6.45) is 1.70. The summed E-state index contributed by atoms with van der Waals surface area (Å²) in [4.78, 5) is 14.0. The van der Waals surface area contributed by atoms with Crippen molar-refractivity contribution < 1.29 is 23.1 Å². The Morgan fingerprint density at radius 2 is 2.10 bits per heavy atom. The zero-order valence-corrected chi connectivity index (χ0v) is 19.0. The van der Waals surface area contributed by atoms with Crippen molar-refractivity contribution in [2.75, 3.05) is 19.7 Å². The summed E-state index contributed by atoms with van der Waals surface area (Å²) >= 11 is 3.59. The van der Waals surface area contributed by atoms with Gasteiger partial charge in [-0.05, 0) is 31.5 Å². The molecule has 0 aliphatic carbocycles. The predicted octanol–water partition coefficient (Wildman–Crippen LogP) is 5.42. The Bertz CT molecular complexity index is 1070. The summed E-state index contributed by atoms with van der Waals surface area (Å²) in [5.41, 5.74) is 3.51. The van der Waals surface area contributed by atoms with Crippen molar-refractivity contribution in [3.05, 3.63) is 63.8 Å². The molecular weight excluding hydrogens is 465 g/mol. The van der Waals surface area contributed by atoms with Crippen molar-refractivity contribution in [2.45, 2.75) is 39.1 Å². The Balaban J connectivity index is 1.52. The zero-order chi connectivity index (χ0) is 21.8. The number of hydrogen-bond donors (Lipinski definition) is 0. The number of rotatable bonds is 8. The van der Waals surface area contributed by atoms with Crippen LogP contribution in [0.25, 0.3) is 11.0 Å². The minimum Gasteiger partial charge on any atom is -0.488 e. The van der Waals surface area contributed by atoms with Crippen molar-refractivity contribution in [2.24, 2.45) is 0 Å². The summed E-state index contributed by atoms with van der Waals surface area (Å²) < 4.78 is 31.5. The van der Waals surface area contributed by atoms with E-state index in [-0.39, 0.29) is 12.4 Å². The topological polar surface area (TPSA) is 51.9 Å². The fraction of sp³-hybridized carbons (Fsp3) is 0.375. The van der Waals surface area contributed by atoms with Gasteiger partial charge in [-0.2, -0.15) is 0 Å². The zero-order valence-electron chi connectivity index (χ0n) is 17.4. The van der Waals surface area contributed by atoms with Crippen molar-refractivity contribution in [3.8, 4) is 5.75 Å². The van der Waals surface area contributed by atoms with Gasteiger partial charge in [-0.1, -0.05) is 34.1 Å². The molecule has 0 N–H and O–H groups in total. The van der Waals surface area contributed by atoms with E-state index in [4.69, 9.17) is 13.9 Å². The first-order valence-electron chi connectivity index (χ1n) is 10.4. The quantitative estimate of drug-likeness (QED) is 0.395. The van der Waals surface area contributed by atoms with Crippen LogP contribution in [0, 0.1) is 0 Å². The van der Waals surface area contributed by atoms with E-state index in [1.165, 1.54) is 0 Å². The second-order valence-corrected chi connectivity index (χ2v) is 8.62. The molecule has 1 aliphatic rings. The molecule has 2 aromatic carbocycles. The lowest BCUT2D eigenvalue weighted by molar-refractivity contribution is -0.142. The van der Waals surface area contributed by atoms with Gasteiger partial charge in [0.2, 0.25) is 0 Å². The summed E-state index contributed by atoms with van der Waals surface area (Å²) in [5, 5.41) is 0.961. The van der Waals surface area contributed by atoms with Crippen LogP contribution in [-0.4, -0.2) is 36.7 Å². The average molecular weight is 490 g/mol. The molecule has 5 nitrogen and oxygen atoms in total. The number of ether oxygens (including phenoxy) is 2. The summed E-state index contributed by atoms with van der Waals surface area (Å²) in [6.45, 7) is 4.30. The summed E-state index contributed by atoms with van der Waals surface area (Å²) in [6, 6.07) is 11.5. The van der Waals surface area contributed by atoms with Crippen LogP contribution in [0.3, 0.4) is 0 Å². The lowest BCUT2D eigenvalue weighted by atomic mass is 10.1. The number of esters is 1. The van der Waals surface area contributed by atoms with Crippen LogP contribution in [0.15, 0.2) is 51.6 Å². The van der Waals surface area contributed by atoms with Gasteiger partial charge in [-0.25, -0.2) is 4.39 Å². The van der Waals surface area contributed by atoms with Crippen molar-refractivity contribution in [1.29, 1.82) is 0 Å². The summed E-state index contributed by atoms with van der Waals surface area (Å²) in [5.74, 6) is 0.365. The van der Waals surface area contributed by atoms with Gasteiger partial charge >= 0.3 is 5.97 Å². The molecule has 0 amide bonds. The number of furan rings is 1. The third kappa shape index (κ3) is 5.28. The van der Waals surface area contributed by atoms with Gasteiger partial charge in [-0.15, -0.1) is 0 Å². The van der Waals surface area contributed by atoms with Gasteiger partial charge < -0.3 is 13.9 Å². The smallest absolute Gasteiger partial charge is 0.310 e. The van der Waals surface area contributed by atoms with Gasteiger partial charge in [0, 0.05) is 46.2 Å². The van der Waals surface area contributed by atoms with Crippen LogP contribution in [0.4, 0.5) is 4.39 Å². The van der Waals surface area contributed by atoms with Crippen molar-refractivity contribution in [3.63, 3.8) is 0 Å². The fourth-order valence-corrected chi connectivity index (χ4v) is 4.44. The molecule has 0 bridgehead atoms. The molecule has 1 aromatic heterocycles. The Morgan fingerprint density at radius 1 is 1.26 bits per heavy atom. The van der Waals surface area contributed by atoms with Gasteiger partial charge in [0.1, 0.15) is 24.1 Å². The van der Waals surface area contributed by atoms with Gasteiger partial charge in [0.05, 0.1) is 19.3 Å². The third-order valence-electron chi connectivity index (χ3n) is 5.40. The first-order valence-corrected chi connectivity index (χ1v) is 11.2. The number of carbonyl (C=O) groups is 1. The van der Waals surface area contributed by atoms with Crippen LogP contribution in [0.1, 0.15) is 30.0 Å². The molecule has 2 heterocycles. The molecule has 0 unspecified atom stereocenters. The number of hydrogen-bond acceptors (Lipinski definition) is 5. The molecular formula is C24H25BrFNO4. The SMILES string of the molecule is CCOC(=O)Cc1ccccc1OCc1coc2c(CN3CC[C@H](F)C3)cc(Br)cc12. The van der Waals surface area contributed by atoms with Crippen LogP contribution < -0.4 is 4.74 Å². The Kier molecular flexibility index (Phi) is 6.92. The van der Waals surface area contributed by atoms with Gasteiger partial charge in [0.15, 0.2) is 0 Å². The first-order chi connectivity index (χ1) is 15.0. The van der Waals surface area contributed by atoms with E-state index in [0.29, 0.717) is 38.5 Å². The lowest BCUT2D eigenvalue weighted by Gasteiger charge is -2.15. The number of alkyl halides is 1. The Labute approximate surface area is 189 Å². The standard InChI is InChI=1S/C24H25BrFNO4/c1-2-29-23(28)10-16-5-3-4-6-22(16)30-14-18-15-31-24-17(9-19(25)11-21(18)24)12-27-8-7-20(26)13-27/h3-6,9,11,15,20H,2,7-8,10,12-14H2,1H3/t20-/m0/s1. The molecule has 0 saturated carbocycles. The maximum atomic E-state index is 13.6. The Hall–Kier alpha value is -2.38. The van der Waals surface area contributed by atoms with Crippen LogP contribution in [0.2, 0.25) is 0 Å². The lowest BCUT2D eigenvalue weighted by Crippen LogP contribution is -2.20. The minimum absolute atomic E-state index is 0.164. The molecule has 0 spiro atoms. The van der Waals surface area contributed by atoms with E-state index in [0.717, 1.165) is 38.7 Å². The van der Waals surface area contributed by atoms with Crippen molar-refractivity contribution in [1.82, 2.24) is 4.90 Å². The number of likely N-dealkylation sites (tertiary alicyclic amines) is 1. The highest BCUT2D eigenvalue weighted by atomic mass is 79.9. The predicted molar refractivity (Wildman–Crippen MR) is 120 cm³/mol. The van der Waals surface area contributed by atoms with E-state index in [9.17, 15) is 9.18 Å². The highest BCUT2D eigenvalue weighted by Crippen LogP contribution is 2.31. The maximum Gasteiger partial charge on any atom is 0.310 e. The monoisotopic (exact) mass is 489 g/mol. The minimum atomic E-state index is -0.752. The molecule has 0 radical (unpaired) electrons. The second-order valence-electron chi connectivity index (χ2n) is 7.70. The van der Waals surface area contributed by atoms with E-state index >= 15 is 0 Å². The van der Waals surface area contributed by atoms with Gasteiger partial charge in [0.25, 0.3) is 0 Å². The van der Waals surface area contributed by atoms with E-state index < -0.39 is 6.17 Å². The molecule has 1 fully saturated rings. The van der Waals surface area contributed by atoms with Crippen molar-refractivity contribution >= 4 is 32.9 Å². The third-order valence-corrected chi connectivity index (χ3v) is 5.86. The highest BCUT2D eigenvalue weighted by molar-refractivity contribution is 9.10. The number of halogens is 2. The molecule has 3 aromatic rings. The average Bonchev–Trinajstić information content (AvgIpc) is 3.33. The number of nitrogens with zero attached hydrogens (tertiary/aromatic N) is 1. The normalized spacial score (nSPS) is 16.7. The number of para-hydroxylation sites is 1. The maximum absolute atomic E-state index is 13.6. The molecule has 7 heteroatoms. The highest BCUT2D eigenvalue weighted by Gasteiger charge is 2.23. The summed E-state index contributed by atoms with van der Waals surface area (Å²) in [7, 11) is 0. The van der Waals surface area contributed by atoms with E-state index in [1.807, 2.05) is 36.4 Å². The van der Waals surface area contributed by atoms with Gasteiger partial charge in [-0.3, -0.25) is 9.69 Å². The fourth-order valence-electron chi connectivity index (χ4n) is 3.93. The number of benzene rings is 2. The number of carbonyl (C=O) groups excluding carboxylic acids is 1. The molecule has 1 saturated heterocycles. The second kappa shape index (κ2) is 9.83. The number of fused-ring (bicyclic) bond motifs is 1. The van der Waals surface area contributed by atoms with Crippen LogP contribution in [-0.2, 0) is 29.1 Å². The molecule has 1 atom stereocenters. The Morgan fingerprint density at radius 3 is 2.87 bits per heavy atom. The molecule has 1 aliphatic heterocycles. The molecule has 4 rings (SSSR count). The molecule has 31 heavy (non-hydrogen) atoms. The first kappa shape index (κ1) is 21.8. The van der Waals surface area contributed by atoms with E-state index in [2.05, 4.69) is 20.8 Å². The van der Waals surface area contributed by atoms with Crippen LogP contribution >= 0.6 is 15.9 Å². The molecule has 164 valence electrons. The van der Waals surface area contributed by atoms with E-state index in [1.54, 1.807) is 13.2 Å². The largest absolute Gasteiger partial charge is 0.488 e.